The Morgan fingerprint density at radius 1 is 1.44 bits per heavy atom. The lowest BCUT2D eigenvalue weighted by Crippen LogP contribution is -2.16. The van der Waals surface area contributed by atoms with Crippen molar-refractivity contribution in [2.45, 2.75) is 52.1 Å². The Morgan fingerprint density at radius 2 is 2.22 bits per heavy atom. The number of aromatic nitrogens is 2. The van der Waals surface area contributed by atoms with E-state index >= 15 is 0 Å². The molecule has 0 spiro atoms. The molecule has 1 N–H and O–H groups in total. The fourth-order valence-electron chi connectivity index (χ4n) is 2.04. The number of allylic oxidation sites excluding steroid dienone is 1. The predicted molar refractivity (Wildman–Crippen MR) is 78.8 cm³/mol. The molecular weight excluding hydrogens is 290 g/mol. The lowest BCUT2D eigenvalue weighted by molar-refractivity contribution is 0.626. The van der Waals surface area contributed by atoms with Crippen LogP contribution in [0.5, 0.6) is 0 Å². The topological polar surface area (TPSA) is 29.9 Å². The van der Waals surface area contributed by atoms with E-state index in [0.29, 0.717) is 0 Å². The summed E-state index contributed by atoms with van der Waals surface area (Å²) in [7, 11) is 0. The first-order valence-electron chi connectivity index (χ1n) is 6.82. The Morgan fingerprint density at radius 3 is 2.89 bits per heavy atom. The lowest BCUT2D eigenvalue weighted by atomic mass is 10.2. The highest BCUT2D eigenvalue weighted by atomic mass is 79.9. The number of nitrogens with one attached hydrogen (secondary N) is 1. The third-order valence-electron chi connectivity index (χ3n) is 3.25. The highest BCUT2D eigenvalue weighted by Crippen LogP contribution is 2.21. The maximum absolute atomic E-state index is 4.50. The number of nitrogens with zero attached hydrogens (tertiary/aromatic N) is 2. The van der Waals surface area contributed by atoms with Gasteiger partial charge in [0.05, 0.1) is 15.9 Å². The summed E-state index contributed by atoms with van der Waals surface area (Å²) < 4.78 is 3.23. The average Bonchev–Trinajstić information content (AvgIpc) is 3.14. The summed E-state index contributed by atoms with van der Waals surface area (Å²) >= 11 is 3.62. The summed E-state index contributed by atoms with van der Waals surface area (Å²) in [5.41, 5.74) is 2.36. The van der Waals surface area contributed by atoms with E-state index < -0.39 is 0 Å². The van der Waals surface area contributed by atoms with Gasteiger partial charge in [-0.2, -0.15) is 5.10 Å². The second kappa shape index (κ2) is 6.53. The van der Waals surface area contributed by atoms with E-state index in [1.165, 1.54) is 18.5 Å². The Hall–Kier alpha value is -0.610. The molecule has 0 saturated heterocycles. The molecule has 1 aromatic heterocycles. The van der Waals surface area contributed by atoms with Crippen LogP contribution in [0.4, 0.5) is 0 Å². The van der Waals surface area contributed by atoms with Crippen LogP contribution in [0.2, 0.25) is 0 Å². The van der Waals surface area contributed by atoms with Crippen molar-refractivity contribution in [1.82, 2.24) is 15.1 Å². The Kier molecular flexibility index (Phi) is 5.01. The van der Waals surface area contributed by atoms with E-state index in [9.17, 15) is 0 Å². The molecule has 0 radical (unpaired) electrons. The van der Waals surface area contributed by atoms with Gasteiger partial charge in [-0.15, -0.1) is 0 Å². The number of halogens is 1. The molecule has 1 aliphatic rings. The zero-order valence-corrected chi connectivity index (χ0v) is 12.8. The molecule has 1 saturated carbocycles. The first kappa shape index (κ1) is 13.8. The van der Waals surface area contributed by atoms with Crippen LogP contribution in [0, 0.1) is 6.92 Å². The van der Waals surface area contributed by atoms with Gasteiger partial charge in [-0.05, 0) is 55.6 Å². The monoisotopic (exact) mass is 311 g/mol. The van der Waals surface area contributed by atoms with Crippen molar-refractivity contribution < 1.29 is 0 Å². The zero-order valence-electron chi connectivity index (χ0n) is 11.2. The summed E-state index contributed by atoms with van der Waals surface area (Å²) in [6, 6.07) is 0.816. The minimum absolute atomic E-state index is 0.816. The summed E-state index contributed by atoms with van der Waals surface area (Å²) in [6.07, 6.45) is 9.33. The summed E-state index contributed by atoms with van der Waals surface area (Å²) in [5, 5.41) is 8.01. The van der Waals surface area contributed by atoms with Crippen LogP contribution >= 0.6 is 15.9 Å². The Labute approximate surface area is 118 Å². The van der Waals surface area contributed by atoms with Crippen molar-refractivity contribution in [3.8, 4) is 0 Å². The molecule has 18 heavy (non-hydrogen) atoms. The fourth-order valence-corrected chi connectivity index (χ4v) is 2.48. The highest BCUT2D eigenvalue weighted by Gasteiger charge is 2.19. The molecule has 1 heterocycles. The minimum Gasteiger partial charge on any atom is -0.314 e. The molecule has 0 atom stereocenters. The van der Waals surface area contributed by atoms with Crippen LogP contribution in [-0.4, -0.2) is 22.4 Å². The zero-order chi connectivity index (χ0) is 13.0. The smallest absolute Gasteiger partial charge is 0.0738 e. The molecular formula is C14H22BrN3. The van der Waals surface area contributed by atoms with E-state index in [1.807, 2.05) is 6.92 Å². The molecule has 0 bridgehead atoms. The molecule has 1 aromatic rings. The third kappa shape index (κ3) is 3.69. The molecule has 2 rings (SSSR count). The van der Waals surface area contributed by atoms with Crippen LogP contribution in [0.15, 0.2) is 16.6 Å². The van der Waals surface area contributed by atoms with Gasteiger partial charge in [-0.3, -0.25) is 4.68 Å². The van der Waals surface area contributed by atoms with E-state index in [-0.39, 0.29) is 0 Å². The molecule has 1 aliphatic carbocycles. The van der Waals surface area contributed by atoms with Gasteiger partial charge in [0.25, 0.3) is 0 Å². The molecule has 0 amide bonds. The van der Waals surface area contributed by atoms with Crippen LogP contribution in [0.25, 0.3) is 0 Å². The number of aryl methyl sites for hydroxylation is 2. The molecule has 100 valence electrons. The van der Waals surface area contributed by atoms with Gasteiger partial charge in [-0.25, -0.2) is 0 Å². The van der Waals surface area contributed by atoms with Crippen LogP contribution in [0.1, 0.15) is 37.6 Å². The third-order valence-corrected chi connectivity index (χ3v) is 4.28. The van der Waals surface area contributed by atoms with Crippen LogP contribution < -0.4 is 5.32 Å². The number of rotatable bonds is 7. The molecule has 4 heteroatoms. The van der Waals surface area contributed by atoms with Crippen molar-refractivity contribution in [3.63, 3.8) is 0 Å². The van der Waals surface area contributed by atoms with Gasteiger partial charge in [0, 0.05) is 19.0 Å². The molecule has 3 nitrogen and oxygen atoms in total. The molecule has 0 aromatic carbocycles. The fraction of sp³-hybridized carbons (Fsp3) is 0.643. The van der Waals surface area contributed by atoms with E-state index in [4.69, 9.17) is 0 Å². The van der Waals surface area contributed by atoms with Crippen molar-refractivity contribution in [2.24, 2.45) is 0 Å². The van der Waals surface area contributed by atoms with Crippen LogP contribution in [0.3, 0.4) is 0 Å². The molecule has 0 unspecified atom stereocenters. The summed E-state index contributed by atoms with van der Waals surface area (Å²) in [5.74, 6) is 0. The van der Waals surface area contributed by atoms with Crippen molar-refractivity contribution in [2.75, 3.05) is 6.54 Å². The van der Waals surface area contributed by atoms with Gasteiger partial charge in [0.15, 0.2) is 0 Å². The van der Waals surface area contributed by atoms with Gasteiger partial charge in [-0.1, -0.05) is 12.2 Å². The summed E-state index contributed by atoms with van der Waals surface area (Å²) in [6.45, 7) is 6.21. The maximum atomic E-state index is 4.50. The van der Waals surface area contributed by atoms with E-state index in [0.717, 1.165) is 42.1 Å². The number of hydrogen-bond donors (Lipinski definition) is 1. The number of hydrogen-bond acceptors (Lipinski definition) is 2. The lowest BCUT2D eigenvalue weighted by Gasteiger charge is -2.02. The standard InChI is InChI=1S/C14H22BrN3/c1-3-18-13(14(15)11(2)17-18)7-5-4-6-10-16-12-8-9-12/h4-5,12,16H,3,6-10H2,1-2H3. The molecule has 0 aliphatic heterocycles. The SMILES string of the molecule is CCn1nc(C)c(Br)c1CC=CCCNC1CC1. The summed E-state index contributed by atoms with van der Waals surface area (Å²) in [4.78, 5) is 0. The van der Waals surface area contributed by atoms with Crippen molar-refractivity contribution >= 4 is 15.9 Å². The van der Waals surface area contributed by atoms with Gasteiger partial charge in [0.2, 0.25) is 0 Å². The van der Waals surface area contributed by atoms with E-state index in [2.05, 4.69) is 50.1 Å². The minimum atomic E-state index is 0.816. The van der Waals surface area contributed by atoms with Gasteiger partial charge in [0.1, 0.15) is 0 Å². The van der Waals surface area contributed by atoms with Gasteiger partial charge >= 0.3 is 0 Å². The maximum Gasteiger partial charge on any atom is 0.0738 e. The second-order valence-electron chi connectivity index (χ2n) is 4.85. The first-order valence-corrected chi connectivity index (χ1v) is 7.61. The first-order chi connectivity index (χ1) is 8.72. The predicted octanol–water partition coefficient (Wildman–Crippen LogP) is 3.21. The largest absolute Gasteiger partial charge is 0.314 e. The Balaban J connectivity index is 1.79. The highest BCUT2D eigenvalue weighted by molar-refractivity contribution is 9.10. The normalized spacial score (nSPS) is 15.7. The van der Waals surface area contributed by atoms with Gasteiger partial charge < -0.3 is 5.32 Å². The quantitative estimate of drug-likeness (QED) is 0.619. The second-order valence-corrected chi connectivity index (χ2v) is 5.65. The van der Waals surface area contributed by atoms with Crippen molar-refractivity contribution in [1.29, 1.82) is 0 Å². The van der Waals surface area contributed by atoms with Crippen molar-refractivity contribution in [3.05, 3.63) is 28.0 Å². The average molecular weight is 312 g/mol. The molecule has 1 fully saturated rings. The van der Waals surface area contributed by atoms with E-state index in [1.54, 1.807) is 0 Å². The Bertz CT molecular complexity index is 419. The van der Waals surface area contributed by atoms with Crippen LogP contribution in [-0.2, 0) is 13.0 Å².